The van der Waals surface area contributed by atoms with Crippen molar-refractivity contribution in [2.45, 2.75) is 13.5 Å². The number of carbonyl (C=O) groups excluding carboxylic acids is 1. The van der Waals surface area contributed by atoms with Crippen molar-refractivity contribution < 1.29 is 14.3 Å². The Hall–Kier alpha value is -3.83. The van der Waals surface area contributed by atoms with Crippen LogP contribution in [0.15, 0.2) is 90.0 Å². The van der Waals surface area contributed by atoms with E-state index in [-0.39, 0.29) is 5.91 Å². The number of carbonyl (C=O) groups is 1. The number of nitrogens with one attached hydrogen (secondary N) is 1. The van der Waals surface area contributed by atoms with E-state index in [4.69, 9.17) is 21.1 Å². The third-order valence-electron chi connectivity index (χ3n) is 5.02. The molecule has 0 radical (unpaired) electrons. The Labute approximate surface area is 197 Å². The summed E-state index contributed by atoms with van der Waals surface area (Å²) in [6.45, 7) is 2.72. The Morgan fingerprint density at radius 2 is 1.73 bits per heavy atom. The van der Waals surface area contributed by atoms with E-state index in [1.165, 1.54) is 0 Å². The number of ether oxygens (including phenoxy) is 2. The van der Waals surface area contributed by atoms with Crippen molar-refractivity contribution in [2.75, 3.05) is 6.61 Å². The first-order valence-electron chi connectivity index (χ1n) is 10.6. The van der Waals surface area contributed by atoms with Gasteiger partial charge in [0.15, 0.2) is 11.5 Å². The van der Waals surface area contributed by atoms with Gasteiger partial charge in [-0.2, -0.15) is 5.10 Å². The molecule has 33 heavy (non-hydrogen) atoms. The topological polar surface area (TPSA) is 59.9 Å². The van der Waals surface area contributed by atoms with Crippen LogP contribution < -0.4 is 14.9 Å². The maximum atomic E-state index is 12.6. The number of rotatable bonds is 8. The van der Waals surface area contributed by atoms with Crippen molar-refractivity contribution in [1.82, 2.24) is 5.43 Å². The van der Waals surface area contributed by atoms with Gasteiger partial charge in [0.1, 0.15) is 6.61 Å². The molecule has 4 aromatic rings. The molecule has 0 saturated carbocycles. The van der Waals surface area contributed by atoms with Crippen molar-refractivity contribution in [3.63, 3.8) is 0 Å². The van der Waals surface area contributed by atoms with Crippen LogP contribution in [-0.2, 0) is 6.61 Å². The van der Waals surface area contributed by atoms with Gasteiger partial charge in [-0.05, 0) is 53.6 Å². The molecule has 0 bridgehead atoms. The maximum Gasteiger partial charge on any atom is 0.271 e. The molecule has 0 saturated heterocycles. The number of hydrogen-bond donors (Lipinski definition) is 1. The van der Waals surface area contributed by atoms with Crippen LogP contribution in [0.1, 0.15) is 28.4 Å². The standard InChI is InChI=1S/C27H23ClN2O3/c1-2-32-26-16-19(14-15-25(26)33-18-21-9-4-6-13-24(21)28)17-29-30-27(31)23-12-7-10-20-8-3-5-11-22(20)23/h3-17H,2,18H2,1H3,(H,30,31). The maximum absolute atomic E-state index is 12.6. The summed E-state index contributed by atoms with van der Waals surface area (Å²) in [6.07, 6.45) is 1.57. The van der Waals surface area contributed by atoms with E-state index in [1.807, 2.05) is 85.8 Å². The zero-order valence-corrected chi connectivity index (χ0v) is 18.9. The zero-order valence-electron chi connectivity index (χ0n) is 18.1. The number of fused-ring (bicyclic) bond motifs is 1. The molecule has 0 aliphatic heterocycles. The monoisotopic (exact) mass is 458 g/mol. The van der Waals surface area contributed by atoms with Gasteiger partial charge in [-0.15, -0.1) is 0 Å². The average molecular weight is 459 g/mol. The number of hydrogen-bond acceptors (Lipinski definition) is 4. The van der Waals surface area contributed by atoms with Gasteiger partial charge in [0.25, 0.3) is 5.91 Å². The van der Waals surface area contributed by atoms with Gasteiger partial charge in [-0.1, -0.05) is 66.2 Å². The summed E-state index contributed by atoms with van der Waals surface area (Å²) in [4.78, 5) is 12.6. The summed E-state index contributed by atoms with van der Waals surface area (Å²) in [7, 11) is 0. The zero-order chi connectivity index (χ0) is 23.0. The minimum Gasteiger partial charge on any atom is -0.490 e. The molecule has 1 N–H and O–H groups in total. The lowest BCUT2D eigenvalue weighted by atomic mass is 10.0. The Balaban J connectivity index is 1.45. The number of hydrazone groups is 1. The van der Waals surface area contributed by atoms with Gasteiger partial charge in [0.2, 0.25) is 0 Å². The molecule has 0 aromatic heterocycles. The molecule has 6 heteroatoms. The van der Waals surface area contributed by atoms with Crippen LogP contribution >= 0.6 is 11.6 Å². The van der Waals surface area contributed by atoms with E-state index < -0.39 is 0 Å². The summed E-state index contributed by atoms with van der Waals surface area (Å²) in [5.41, 5.74) is 4.83. The second-order valence-electron chi connectivity index (χ2n) is 7.25. The summed E-state index contributed by atoms with van der Waals surface area (Å²) >= 11 is 6.21. The molecule has 0 atom stereocenters. The highest BCUT2D eigenvalue weighted by molar-refractivity contribution is 6.31. The van der Waals surface area contributed by atoms with Gasteiger partial charge in [-0.3, -0.25) is 4.79 Å². The fourth-order valence-electron chi connectivity index (χ4n) is 3.41. The number of halogens is 1. The highest BCUT2D eigenvalue weighted by Crippen LogP contribution is 2.29. The van der Waals surface area contributed by atoms with E-state index >= 15 is 0 Å². The van der Waals surface area contributed by atoms with Crippen molar-refractivity contribution in [3.8, 4) is 11.5 Å². The molecule has 0 aliphatic carbocycles. The van der Waals surface area contributed by atoms with E-state index in [0.717, 1.165) is 21.9 Å². The Morgan fingerprint density at radius 1 is 0.939 bits per heavy atom. The molecule has 0 aliphatic rings. The fourth-order valence-corrected chi connectivity index (χ4v) is 3.60. The first-order valence-corrected chi connectivity index (χ1v) is 11.0. The first kappa shape index (κ1) is 22.4. The van der Waals surface area contributed by atoms with Crippen molar-refractivity contribution in [3.05, 3.63) is 107 Å². The van der Waals surface area contributed by atoms with E-state index in [0.29, 0.717) is 35.3 Å². The van der Waals surface area contributed by atoms with Gasteiger partial charge in [-0.25, -0.2) is 5.43 Å². The fraction of sp³-hybridized carbons (Fsp3) is 0.111. The lowest BCUT2D eigenvalue weighted by Crippen LogP contribution is -2.17. The van der Waals surface area contributed by atoms with Crippen molar-refractivity contribution >= 4 is 34.5 Å². The summed E-state index contributed by atoms with van der Waals surface area (Å²) in [5, 5.41) is 6.66. The summed E-state index contributed by atoms with van der Waals surface area (Å²) in [6, 6.07) is 26.4. The quantitative estimate of drug-likeness (QED) is 0.251. The third-order valence-corrected chi connectivity index (χ3v) is 5.39. The van der Waals surface area contributed by atoms with Crippen LogP contribution in [0.4, 0.5) is 0 Å². The van der Waals surface area contributed by atoms with Crippen LogP contribution in [0.25, 0.3) is 10.8 Å². The molecule has 0 spiro atoms. The van der Waals surface area contributed by atoms with Crippen molar-refractivity contribution in [1.29, 1.82) is 0 Å². The van der Waals surface area contributed by atoms with Crippen LogP contribution in [0.5, 0.6) is 11.5 Å². The minimum absolute atomic E-state index is 0.271. The molecule has 0 heterocycles. The molecule has 0 fully saturated rings. The smallest absolute Gasteiger partial charge is 0.271 e. The predicted molar refractivity (Wildman–Crippen MR) is 132 cm³/mol. The first-order chi connectivity index (χ1) is 16.2. The highest BCUT2D eigenvalue weighted by Gasteiger charge is 2.10. The van der Waals surface area contributed by atoms with Crippen LogP contribution in [0.2, 0.25) is 5.02 Å². The number of nitrogens with zero attached hydrogens (tertiary/aromatic N) is 1. The van der Waals surface area contributed by atoms with E-state index in [9.17, 15) is 4.79 Å². The number of amides is 1. The highest BCUT2D eigenvalue weighted by atomic mass is 35.5. The second kappa shape index (κ2) is 10.7. The average Bonchev–Trinajstić information content (AvgIpc) is 2.84. The van der Waals surface area contributed by atoms with Crippen LogP contribution in [0.3, 0.4) is 0 Å². The van der Waals surface area contributed by atoms with Gasteiger partial charge >= 0.3 is 0 Å². The summed E-state index contributed by atoms with van der Waals surface area (Å²) in [5.74, 6) is 0.926. The minimum atomic E-state index is -0.271. The van der Waals surface area contributed by atoms with Crippen molar-refractivity contribution in [2.24, 2.45) is 5.10 Å². The predicted octanol–water partition coefficient (Wildman–Crippen LogP) is 6.23. The second-order valence-corrected chi connectivity index (χ2v) is 7.65. The van der Waals surface area contributed by atoms with Crippen LogP contribution in [-0.4, -0.2) is 18.7 Å². The lowest BCUT2D eigenvalue weighted by Gasteiger charge is -2.13. The molecule has 4 aromatic carbocycles. The lowest BCUT2D eigenvalue weighted by molar-refractivity contribution is 0.0957. The third kappa shape index (κ3) is 5.51. The molecular weight excluding hydrogens is 436 g/mol. The Morgan fingerprint density at radius 3 is 2.58 bits per heavy atom. The normalized spacial score (nSPS) is 11.0. The Bertz CT molecular complexity index is 1300. The van der Waals surface area contributed by atoms with Gasteiger partial charge in [0.05, 0.1) is 12.8 Å². The molecule has 4 rings (SSSR count). The SMILES string of the molecule is CCOc1cc(C=NNC(=O)c2cccc3ccccc23)ccc1OCc1ccccc1Cl. The van der Waals surface area contributed by atoms with Gasteiger partial charge in [0, 0.05) is 16.1 Å². The van der Waals surface area contributed by atoms with Gasteiger partial charge < -0.3 is 9.47 Å². The molecule has 166 valence electrons. The molecule has 1 amide bonds. The van der Waals surface area contributed by atoms with E-state index in [1.54, 1.807) is 12.3 Å². The largest absolute Gasteiger partial charge is 0.490 e. The molecule has 0 unspecified atom stereocenters. The number of benzene rings is 4. The van der Waals surface area contributed by atoms with E-state index in [2.05, 4.69) is 10.5 Å². The molecule has 5 nitrogen and oxygen atoms in total. The molecular formula is C27H23ClN2O3. The summed E-state index contributed by atoms with van der Waals surface area (Å²) < 4.78 is 11.7. The Kier molecular flexibility index (Phi) is 7.22. The van der Waals surface area contributed by atoms with Crippen LogP contribution in [0, 0.1) is 0 Å².